The van der Waals surface area contributed by atoms with Crippen LogP contribution >= 0.6 is 0 Å². The summed E-state index contributed by atoms with van der Waals surface area (Å²) in [6, 6.07) is 4.69. The molecule has 0 aliphatic rings. The maximum atomic E-state index is 11.5. The fourth-order valence-electron chi connectivity index (χ4n) is 1.79. The van der Waals surface area contributed by atoms with Crippen LogP contribution in [0.25, 0.3) is 0 Å². The Kier molecular flexibility index (Phi) is 6.01. The zero-order chi connectivity index (χ0) is 16.9. The SMILES string of the molecule is CC(C)(C)OC(=O)NCCC(O)C(O)c1ccc(N)c(N)c1. The van der Waals surface area contributed by atoms with Crippen LogP contribution in [0.15, 0.2) is 18.2 Å². The lowest BCUT2D eigenvalue weighted by atomic mass is 10.0. The van der Waals surface area contributed by atoms with E-state index < -0.39 is 23.9 Å². The average Bonchev–Trinajstić information content (AvgIpc) is 2.38. The summed E-state index contributed by atoms with van der Waals surface area (Å²) in [5.74, 6) is 0. The van der Waals surface area contributed by atoms with Crippen molar-refractivity contribution in [2.24, 2.45) is 0 Å². The second kappa shape index (κ2) is 7.33. The molecule has 1 aromatic carbocycles. The highest BCUT2D eigenvalue weighted by Gasteiger charge is 2.20. The molecule has 0 saturated heterocycles. The van der Waals surface area contributed by atoms with Crippen molar-refractivity contribution >= 4 is 17.5 Å². The maximum absolute atomic E-state index is 11.5. The lowest BCUT2D eigenvalue weighted by molar-refractivity contribution is 0.0123. The van der Waals surface area contributed by atoms with E-state index in [-0.39, 0.29) is 13.0 Å². The van der Waals surface area contributed by atoms with Gasteiger partial charge in [0.2, 0.25) is 0 Å². The van der Waals surface area contributed by atoms with Gasteiger partial charge in [-0.1, -0.05) is 6.07 Å². The normalized spacial score (nSPS) is 14.2. The molecule has 1 amide bonds. The molecule has 1 aromatic rings. The molecule has 7 nitrogen and oxygen atoms in total. The fraction of sp³-hybridized carbons (Fsp3) is 0.533. The van der Waals surface area contributed by atoms with Crippen LogP contribution < -0.4 is 16.8 Å². The Labute approximate surface area is 130 Å². The van der Waals surface area contributed by atoms with Gasteiger partial charge in [-0.15, -0.1) is 0 Å². The molecule has 7 N–H and O–H groups in total. The number of alkyl carbamates (subject to hydrolysis) is 1. The van der Waals surface area contributed by atoms with Crippen molar-refractivity contribution in [2.75, 3.05) is 18.0 Å². The van der Waals surface area contributed by atoms with Gasteiger partial charge < -0.3 is 31.7 Å². The number of anilines is 2. The topological polar surface area (TPSA) is 131 Å². The molecule has 0 bridgehead atoms. The smallest absolute Gasteiger partial charge is 0.407 e. The second-order valence-corrected chi connectivity index (χ2v) is 6.12. The van der Waals surface area contributed by atoms with Gasteiger partial charge in [0.1, 0.15) is 11.7 Å². The lowest BCUT2D eigenvalue weighted by Crippen LogP contribution is -2.34. The van der Waals surface area contributed by atoms with Crippen LogP contribution in [0, 0.1) is 0 Å². The van der Waals surface area contributed by atoms with Crippen LogP contribution in [0.1, 0.15) is 38.9 Å². The van der Waals surface area contributed by atoms with E-state index in [2.05, 4.69) is 5.32 Å². The molecule has 0 aliphatic carbocycles. The van der Waals surface area contributed by atoms with Crippen LogP contribution in [-0.2, 0) is 4.74 Å². The Morgan fingerprint density at radius 2 is 1.91 bits per heavy atom. The minimum atomic E-state index is -1.11. The van der Waals surface area contributed by atoms with E-state index in [0.29, 0.717) is 16.9 Å². The largest absolute Gasteiger partial charge is 0.444 e. The van der Waals surface area contributed by atoms with Gasteiger partial charge in [-0.05, 0) is 44.9 Å². The summed E-state index contributed by atoms with van der Waals surface area (Å²) in [5.41, 5.74) is 11.9. The van der Waals surface area contributed by atoms with Crippen molar-refractivity contribution < 1.29 is 19.7 Å². The summed E-state index contributed by atoms with van der Waals surface area (Å²) in [6.07, 6.45) is -2.54. The van der Waals surface area contributed by atoms with E-state index in [0.717, 1.165) is 0 Å². The van der Waals surface area contributed by atoms with Gasteiger partial charge in [0, 0.05) is 6.54 Å². The number of hydrogen-bond acceptors (Lipinski definition) is 6. The van der Waals surface area contributed by atoms with Gasteiger partial charge in [-0.2, -0.15) is 0 Å². The first-order chi connectivity index (χ1) is 10.1. The molecule has 0 heterocycles. The number of aliphatic hydroxyl groups excluding tert-OH is 2. The molecule has 2 atom stereocenters. The molecule has 0 saturated carbocycles. The Morgan fingerprint density at radius 3 is 2.45 bits per heavy atom. The summed E-state index contributed by atoms with van der Waals surface area (Å²) >= 11 is 0. The van der Waals surface area contributed by atoms with Gasteiger partial charge in [0.05, 0.1) is 17.5 Å². The van der Waals surface area contributed by atoms with Crippen molar-refractivity contribution in [3.8, 4) is 0 Å². The van der Waals surface area contributed by atoms with E-state index in [1.807, 2.05) is 0 Å². The number of rotatable bonds is 5. The van der Waals surface area contributed by atoms with Crippen molar-refractivity contribution in [1.82, 2.24) is 5.32 Å². The molecule has 124 valence electrons. The number of carbonyl (C=O) groups is 1. The summed E-state index contributed by atoms with van der Waals surface area (Å²) in [6.45, 7) is 5.46. The number of benzene rings is 1. The maximum Gasteiger partial charge on any atom is 0.407 e. The third-order valence-electron chi connectivity index (χ3n) is 2.93. The highest BCUT2D eigenvalue weighted by atomic mass is 16.6. The average molecular weight is 311 g/mol. The fourth-order valence-corrected chi connectivity index (χ4v) is 1.79. The third-order valence-corrected chi connectivity index (χ3v) is 2.93. The number of ether oxygens (including phenoxy) is 1. The monoisotopic (exact) mass is 311 g/mol. The summed E-state index contributed by atoms with van der Waals surface area (Å²) in [7, 11) is 0. The van der Waals surface area contributed by atoms with Crippen LogP contribution in [0.2, 0.25) is 0 Å². The molecule has 1 rings (SSSR count). The number of aliphatic hydroxyl groups is 2. The van der Waals surface area contributed by atoms with E-state index in [4.69, 9.17) is 16.2 Å². The van der Waals surface area contributed by atoms with Crippen molar-refractivity contribution in [1.29, 1.82) is 0 Å². The third kappa shape index (κ3) is 5.79. The Balaban J connectivity index is 2.46. The van der Waals surface area contributed by atoms with Crippen LogP contribution in [0.5, 0.6) is 0 Å². The minimum absolute atomic E-state index is 0.171. The molecule has 0 aromatic heterocycles. The first-order valence-corrected chi connectivity index (χ1v) is 7.08. The summed E-state index contributed by atoms with van der Waals surface area (Å²) < 4.78 is 5.07. The van der Waals surface area contributed by atoms with E-state index in [9.17, 15) is 15.0 Å². The number of nitrogens with one attached hydrogen (secondary N) is 1. The van der Waals surface area contributed by atoms with E-state index in [1.165, 1.54) is 6.07 Å². The standard InChI is InChI=1S/C15H25N3O4/c1-15(2,3)22-14(21)18-7-6-12(19)13(20)9-4-5-10(16)11(17)8-9/h4-5,8,12-13,19-20H,6-7,16-17H2,1-3H3,(H,18,21). The number of hydrogen-bond donors (Lipinski definition) is 5. The Bertz CT molecular complexity index is 514. The number of carbonyl (C=O) groups excluding carboxylic acids is 1. The quantitative estimate of drug-likeness (QED) is 0.519. The van der Waals surface area contributed by atoms with Crippen LogP contribution in [0.3, 0.4) is 0 Å². The molecule has 0 aliphatic heterocycles. The highest BCUT2D eigenvalue weighted by molar-refractivity contribution is 5.67. The van der Waals surface area contributed by atoms with Gasteiger partial charge in [-0.3, -0.25) is 0 Å². The minimum Gasteiger partial charge on any atom is -0.444 e. The van der Waals surface area contributed by atoms with Gasteiger partial charge in [0.15, 0.2) is 0 Å². The zero-order valence-corrected chi connectivity index (χ0v) is 13.2. The van der Waals surface area contributed by atoms with Crippen molar-refractivity contribution in [3.63, 3.8) is 0 Å². The number of amides is 1. The molecular formula is C15H25N3O4. The molecule has 0 fully saturated rings. The zero-order valence-electron chi connectivity index (χ0n) is 13.2. The molecule has 0 radical (unpaired) electrons. The van der Waals surface area contributed by atoms with Crippen molar-refractivity contribution in [2.45, 2.75) is 45.0 Å². The number of nitrogen functional groups attached to an aromatic ring is 2. The lowest BCUT2D eigenvalue weighted by Gasteiger charge is -2.21. The van der Waals surface area contributed by atoms with Crippen LogP contribution in [0.4, 0.5) is 16.2 Å². The number of nitrogens with two attached hydrogens (primary N) is 2. The first-order valence-electron chi connectivity index (χ1n) is 7.08. The van der Waals surface area contributed by atoms with Gasteiger partial charge in [-0.25, -0.2) is 4.79 Å². The predicted molar refractivity (Wildman–Crippen MR) is 85.1 cm³/mol. The van der Waals surface area contributed by atoms with E-state index >= 15 is 0 Å². The highest BCUT2D eigenvalue weighted by Crippen LogP contribution is 2.24. The molecule has 22 heavy (non-hydrogen) atoms. The van der Waals surface area contributed by atoms with Gasteiger partial charge in [0.25, 0.3) is 0 Å². The molecule has 0 spiro atoms. The van der Waals surface area contributed by atoms with Crippen molar-refractivity contribution in [3.05, 3.63) is 23.8 Å². The molecule has 2 unspecified atom stereocenters. The molecule has 7 heteroatoms. The molecular weight excluding hydrogens is 286 g/mol. The second-order valence-electron chi connectivity index (χ2n) is 6.12. The Morgan fingerprint density at radius 1 is 1.27 bits per heavy atom. The summed E-state index contributed by atoms with van der Waals surface area (Å²) in [4.78, 5) is 11.5. The van der Waals surface area contributed by atoms with Gasteiger partial charge >= 0.3 is 6.09 Å². The predicted octanol–water partition coefficient (Wildman–Crippen LogP) is 1.16. The summed E-state index contributed by atoms with van der Waals surface area (Å²) in [5, 5.41) is 22.5. The van der Waals surface area contributed by atoms with Crippen LogP contribution in [-0.4, -0.2) is 34.6 Å². The van der Waals surface area contributed by atoms with E-state index in [1.54, 1.807) is 32.9 Å². The Hall–Kier alpha value is -1.99. The first kappa shape index (κ1) is 18.1.